The molecule has 0 bridgehead atoms. The van der Waals surface area contributed by atoms with E-state index in [1.54, 1.807) is 11.3 Å². The number of thiophene rings is 1. The normalized spacial score (nSPS) is 9.88. The predicted octanol–water partition coefficient (Wildman–Crippen LogP) is 3.31. The lowest BCUT2D eigenvalue weighted by Crippen LogP contribution is -2.01. The molecule has 2 aromatic heterocycles. The van der Waals surface area contributed by atoms with Gasteiger partial charge in [-0.05, 0) is 25.3 Å². The van der Waals surface area contributed by atoms with Gasteiger partial charge in [0.25, 0.3) is 0 Å². The van der Waals surface area contributed by atoms with Crippen molar-refractivity contribution in [1.29, 1.82) is 0 Å². The van der Waals surface area contributed by atoms with Crippen molar-refractivity contribution < 1.29 is 0 Å². The van der Waals surface area contributed by atoms with Gasteiger partial charge in [0.15, 0.2) is 5.82 Å². The van der Waals surface area contributed by atoms with Crippen molar-refractivity contribution in [3.05, 3.63) is 34.2 Å². The number of halogens is 1. The third-order valence-corrected chi connectivity index (χ3v) is 3.16. The molecule has 3 nitrogen and oxygen atoms in total. The van der Waals surface area contributed by atoms with Gasteiger partial charge >= 0.3 is 0 Å². The van der Waals surface area contributed by atoms with Gasteiger partial charge in [0.1, 0.15) is 0 Å². The van der Waals surface area contributed by atoms with Gasteiger partial charge in [-0.2, -0.15) is 5.10 Å². The minimum absolute atomic E-state index is 0. The van der Waals surface area contributed by atoms with Crippen LogP contribution in [0.3, 0.4) is 0 Å². The van der Waals surface area contributed by atoms with Gasteiger partial charge < -0.3 is 5.32 Å². The van der Waals surface area contributed by atoms with Gasteiger partial charge in [0.2, 0.25) is 0 Å². The quantitative estimate of drug-likeness (QED) is 0.911. The molecule has 0 aromatic carbocycles. The highest BCUT2D eigenvalue weighted by molar-refractivity contribution is 7.09. The van der Waals surface area contributed by atoms with Gasteiger partial charge in [-0.1, -0.05) is 6.07 Å². The highest BCUT2D eigenvalue weighted by Crippen LogP contribution is 2.15. The van der Waals surface area contributed by atoms with Crippen LogP contribution in [0.5, 0.6) is 0 Å². The molecule has 16 heavy (non-hydrogen) atoms. The predicted molar refractivity (Wildman–Crippen MR) is 71.5 cm³/mol. The molecule has 0 saturated carbocycles. The Hall–Kier alpha value is -1.00. The molecule has 0 saturated heterocycles. The highest BCUT2D eigenvalue weighted by Gasteiger charge is 2.03. The SMILES string of the molecule is CCn1cc(C)c(NCc2cccs2)n1.Cl. The van der Waals surface area contributed by atoms with Gasteiger partial charge in [-0.15, -0.1) is 23.7 Å². The molecular weight excluding hydrogens is 242 g/mol. The Bertz CT molecular complexity index is 422. The largest absolute Gasteiger partial charge is 0.363 e. The van der Waals surface area contributed by atoms with Crippen LogP contribution in [0.1, 0.15) is 17.4 Å². The van der Waals surface area contributed by atoms with Gasteiger partial charge in [0, 0.05) is 23.2 Å². The minimum atomic E-state index is 0. The Morgan fingerprint density at radius 2 is 2.31 bits per heavy atom. The molecule has 2 rings (SSSR count). The first kappa shape index (κ1) is 13.1. The summed E-state index contributed by atoms with van der Waals surface area (Å²) in [5, 5.41) is 9.88. The average Bonchev–Trinajstić information content (AvgIpc) is 2.84. The number of nitrogens with one attached hydrogen (secondary N) is 1. The van der Waals surface area contributed by atoms with E-state index in [2.05, 4.69) is 48.0 Å². The maximum absolute atomic E-state index is 4.44. The molecule has 2 aromatic rings. The molecule has 0 radical (unpaired) electrons. The number of nitrogens with zero attached hydrogens (tertiary/aromatic N) is 2. The van der Waals surface area contributed by atoms with Crippen molar-refractivity contribution in [1.82, 2.24) is 9.78 Å². The summed E-state index contributed by atoms with van der Waals surface area (Å²) in [4.78, 5) is 1.33. The molecule has 2 heterocycles. The van der Waals surface area contributed by atoms with Crippen LogP contribution in [0, 0.1) is 6.92 Å². The van der Waals surface area contributed by atoms with Crippen LogP contribution in [0.25, 0.3) is 0 Å². The fraction of sp³-hybridized carbons (Fsp3) is 0.364. The van der Waals surface area contributed by atoms with Gasteiger partial charge in [-0.3, -0.25) is 4.68 Å². The number of hydrogen-bond acceptors (Lipinski definition) is 3. The van der Waals surface area contributed by atoms with E-state index >= 15 is 0 Å². The third-order valence-electron chi connectivity index (χ3n) is 2.28. The molecule has 0 amide bonds. The van der Waals surface area contributed by atoms with E-state index < -0.39 is 0 Å². The van der Waals surface area contributed by atoms with Gasteiger partial charge in [-0.25, -0.2) is 0 Å². The van der Waals surface area contributed by atoms with Crippen LogP contribution in [0.4, 0.5) is 5.82 Å². The van der Waals surface area contributed by atoms with E-state index in [0.29, 0.717) is 0 Å². The maximum atomic E-state index is 4.44. The molecule has 0 atom stereocenters. The molecule has 0 spiro atoms. The summed E-state index contributed by atoms with van der Waals surface area (Å²) in [6, 6.07) is 4.20. The molecular formula is C11H16ClN3S. The summed E-state index contributed by atoms with van der Waals surface area (Å²) in [7, 11) is 0. The fourth-order valence-electron chi connectivity index (χ4n) is 1.44. The van der Waals surface area contributed by atoms with E-state index in [1.807, 2.05) is 4.68 Å². The second-order valence-corrected chi connectivity index (χ2v) is 4.48. The summed E-state index contributed by atoms with van der Waals surface area (Å²) < 4.78 is 1.95. The Labute approximate surface area is 106 Å². The first-order valence-corrected chi connectivity index (χ1v) is 5.98. The monoisotopic (exact) mass is 257 g/mol. The minimum Gasteiger partial charge on any atom is -0.363 e. The number of anilines is 1. The van der Waals surface area contributed by atoms with Crippen molar-refractivity contribution in [3.8, 4) is 0 Å². The summed E-state index contributed by atoms with van der Waals surface area (Å²) in [6.07, 6.45) is 2.07. The molecule has 0 aliphatic rings. The zero-order valence-corrected chi connectivity index (χ0v) is 11.1. The number of rotatable bonds is 4. The van der Waals surface area contributed by atoms with Crippen LogP contribution < -0.4 is 5.32 Å². The Kier molecular flexibility index (Phi) is 4.83. The summed E-state index contributed by atoms with van der Waals surface area (Å²) >= 11 is 1.76. The zero-order valence-electron chi connectivity index (χ0n) is 9.43. The zero-order chi connectivity index (χ0) is 10.7. The summed E-state index contributed by atoms with van der Waals surface area (Å²) in [6.45, 7) is 5.95. The summed E-state index contributed by atoms with van der Waals surface area (Å²) in [5.74, 6) is 0.991. The van der Waals surface area contributed by atoms with Crippen molar-refractivity contribution in [2.75, 3.05) is 5.32 Å². The lowest BCUT2D eigenvalue weighted by molar-refractivity contribution is 0.661. The maximum Gasteiger partial charge on any atom is 0.151 e. The number of hydrogen-bond donors (Lipinski definition) is 1. The second kappa shape index (κ2) is 5.92. The molecule has 0 fully saturated rings. The van der Waals surface area contributed by atoms with Crippen LogP contribution in [-0.4, -0.2) is 9.78 Å². The van der Waals surface area contributed by atoms with Crippen LogP contribution >= 0.6 is 23.7 Å². The van der Waals surface area contributed by atoms with Crippen LogP contribution in [0.15, 0.2) is 23.7 Å². The molecule has 0 unspecified atom stereocenters. The van der Waals surface area contributed by atoms with Crippen molar-refractivity contribution in [2.45, 2.75) is 26.9 Å². The van der Waals surface area contributed by atoms with E-state index in [9.17, 15) is 0 Å². The molecule has 0 aliphatic heterocycles. The molecule has 1 N–H and O–H groups in total. The first-order chi connectivity index (χ1) is 7.29. The fourth-order valence-corrected chi connectivity index (χ4v) is 2.09. The smallest absolute Gasteiger partial charge is 0.151 e. The van der Waals surface area contributed by atoms with E-state index in [0.717, 1.165) is 18.9 Å². The Morgan fingerprint density at radius 1 is 1.50 bits per heavy atom. The Balaban J connectivity index is 0.00000128. The standard InChI is InChI=1S/C11H15N3S.ClH/c1-3-14-8-9(2)11(13-14)12-7-10-5-4-6-15-10;/h4-6,8H,3,7H2,1-2H3,(H,12,13);1H. The van der Waals surface area contributed by atoms with Crippen molar-refractivity contribution in [2.24, 2.45) is 0 Å². The summed E-state index contributed by atoms with van der Waals surface area (Å²) in [5.41, 5.74) is 1.20. The Morgan fingerprint density at radius 3 is 2.88 bits per heavy atom. The van der Waals surface area contributed by atoms with Crippen LogP contribution in [-0.2, 0) is 13.1 Å². The van der Waals surface area contributed by atoms with Crippen LogP contribution in [0.2, 0.25) is 0 Å². The lowest BCUT2D eigenvalue weighted by atomic mass is 10.3. The molecule has 0 aliphatic carbocycles. The first-order valence-electron chi connectivity index (χ1n) is 5.10. The lowest BCUT2D eigenvalue weighted by Gasteiger charge is -2.01. The second-order valence-electron chi connectivity index (χ2n) is 3.45. The molecule has 88 valence electrons. The average molecular weight is 258 g/mol. The number of aryl methyl sites for hydroxylation is 2. The molecule has 5 heteroatoms. The van der Waals surface area contributed by atoms with E-state index in [1.165, 1.54) is 10.4 Å². The van der Waals surface area contributed by atoms with E-state index in [-0.39, 0.29) is 12.4 Å². The van der Waals surface area contributed by atoms with E-state index in [4.69, 9.17) is 0 Å². The van der Waals surface area contributed by atoms with Gasteiger partial charge in [0.05, 0.1) is 6.54 Å². The highest BCUT2D eigenvalue weighted by atomic mass is 35.5. The third kappa shape index (κ3) is 3.00. The number of aromatic nitrogens is 2. The van der Waals surface area contributed by atoms with Crippen molar-refractivity contribution in [3.63, 3.8) is 0 Å². The van der Waals surface area contributed by atoms with Crippen molar-refractivity contribution >= 4 is 29.6 Å². The topological polar surface area (TPSA) is 29.9 Å².